The zero-order valence-corrected chi connectivity index (χ0v) is 21.8. The number of benzene rings is 1. The highest BCUT2D eigenvalue weighted by Gasteiger charge is 2.70. The average Bonchev–Trinajstić information content (AvgIpc) is 3.56. The SMILES string of the molecule is COc1ccc([C@@H]2c3sc(=O)[nH]c3S[C@@H]3[C@H]4C[C@@H]([C@H]5C(=O)N([C@@H](CC(C)C)C(=O)O)C(=O)[C@@H]45)[C@@H]23)cc1. The summed E-state index contributed by atoms with van der Waals surface area (Å²) in [5, 5.41) is 10.8. The minimum absolute atomic E-state index is 0.0257. The van der Waals surface area contributed by atoms with Crippen molar-refractivity contribution in [2.24, 2.45) is 35.5 Å². The first-order chi connectivity index (χ1) is 17.2. The number of carbonyl (C=O) groups excluding carboxylic acids is 2. The van der Waals surface area contributed by atoms with Gasteiger partial charge in [0.15, 0.2) is 0 Å². The number of hydrogen-bond donors (Lipinski definition) is 2. The van der Waals surface area contributed by atoms with E-state index in [0.717, 1.165) is 32.5 Å². The van der Waals surface area contributed by atoms with Crippen LogP contribution in [-0.4, -0.2) is 51.2 Å². The van der Waals surface area contributed by atoms with Crippen molar-refractivity contribution in [3.8, 4) is 5.75 Å². The summed E-state index contributed by atoms with van der Waals surface area (Å²) >= 11 is 2.85. The third-order valence-electron chi connectivity index (χ3n) is 8.52. The molecule has 2 aromatic rings. The molecule has 0 unspecified atom stereocenters. The molecule has 4 aliphatic rings. The number of aromatic amines is 1. The number of amides is 2. The van der Waals surface area contributed by atoms with E-state index < -0.39 is 23.8 Å². The van der Waals surface area contributed by atoms with Crippen LogP contribution in [0.25, 0.3) is 0 Å². The number of fused-ring (bicyclic) bond motifs is 9. The van der Waals surface area contributed by atoms with Gasteiger partial charge >= 0.3 is 10.8 Å². The first kappa shape index (κ1) is 23.8. The maximum Gasteiger partial charge on any atom is 0.326 e. The fraction of sp³-hybridized carbons (Fsp3) is 0.538. The zero-order chi connectivity index (χ0) is 25.5. The number of thiazole rings is 1. The lowest BCUT2D eigenvalue weighted by molar-refractivity contribution is -0.156. The summed E-state index contributed by atoms with van der Waals surface area (Å²) in [7, 11) is 1.62. The number of nitrogens with zero attached hydrogens (tertiary/aromatic N) is 1. The van der Waals surface area contributed by atoms with E-state index in [1.54, 1.807) is 18.9 Å². The van der Waals surface area contributed by atoms with Crippen molar-refractivity contribution < 1.29 is 24.2 Å². The number of thioether (sulfide) groups is 1. The van der Waals surface area contributed by atoms with E-state index in [1.165, 1.54) is 11.3 Å². The lowest BCUT2D eigenvalue weighted by Gasteiger charge is -2.43. The molecule has 2 amide bonds. The molecule has 2 saturated carbocycles. The van der Waals surface area contributed by atoms with Crippen molar-refractivity contribution in [2.75, 3.05) is 7.11 Å². The van der Waals surface area contributed by atoms with Gasteiger partial charge in [-0.25, -0.2) is 4.79 Å². The minimum atomic E-state index is -1.12. The predicted octanol–water partition coefficient (Wildman–Crippen LogP) is 3.42. The van der Waals surface area contributed by atoms with Gasteiger partial charge in [-0.15, -0.1) is 11.8 Å². The summed E-state index contributed by atoms with van der Waals surface area (Å²) in [6, 6.07) is 6.73. The molecular weight excluding hydrogens is 500 g/mol. The molecule has 6 rings (SSSR count). The molecule has 10 heteroatoms. The van der Waals surface area contributed by atoms with Gasteiger partial charge in [-0.2, -0.15) is 0 Å². The molecule has 8 atom stereocenters. The summed E-state index contributed by atoms with van der Waals surface area (Å²) in [4.78, 5) is 56.8. The molecule has 3 heterocycles. The number of nitrogens with one attached hydrogen (secondary N) is 1. The Balaban J connectivity index is 1.41. The Kier molecular flexibility index (Phi) is 5.60. The molecule has 2 aliphatic heterocycles. The van der Waals surface area contributed by atoms with Crippen molar-refractivity contribution in [1.29, 1.82) is 0 Å². The van der Waals surface area contributed by atoms with Crippen molar-refractivity contribution in [3.05, 3.63) is 44.4 Å². The molecule has 3 fully saturated rings. The third-order valence-corrected chi connectivity index (χ3v) is 11.1. The second-order valence-electron chi connectivity index (χ2n) is 10.8. The number of likely N-dealkylation sites (tertiary alicyclic amines) is 1. The summed E-state index contributed by atoms with van der Waals surface area (Å²) in [6.45, 7) is 3.80. The van der Waals surface area contributed by atoms with Crippen molar-refractivity contribution in [2.45, 2.75) is 48.9 Å². The van der Waals surface area contributed by atoms with Crippen LogP contribution in [-0.2, 0) is 14.4 Å². The zero-order valence-electron chi connectivity index (χ0n) is 20.2. The number of rotatable bonds is 6. The summed E-state index contributed by atoms with van der Waals surface area (Å²) in [5.41, 5.74) is 1.06. The molecule has 1 aromatic carbocycles. The molecule has 1 saturated heterocycles. The lowest BCUT2D eigenvalue weighted by atomic mass is 9.68. The van der Waals surface area contributed by atoms with E-state index in [0.29, 0.717) is 0 Å². The molecule has 2 bridgehead atoms. The monoisotopic (exact) mass is 528 g/mol. The van der Waals surface area contributed by atoms with Gasteiger partial charge in [-0.05, 0) is 54.2 Å². The van der Waals surface area contributed by atoms with Gasteiger partial charge in [0.05, 0.1) is 24.0 Å². The second-order valence-corrected chi connectivity index (χ2v) is 13.0. The van der Waals surface area contributed by atoms with Gasteiger partial charge in [0, 0.05) is 16.0 Å². The van der Waals surface area contributed by atoms with Gasteiger partial charge < -0.3 is 14.8 Å². The second kappa shape index (κ2) is 8.48. The van der Waals surface area contributed by atoms with Gasteiger partial charge in [0.1, 0.15) is 11.8 Å². The Labute approximate surface area is 216 Å². The number of hydrogen-bond acceptors (Lipinski definition) is 7. The highest BCUT2D eigenvalue weighted by molar-refractivity contribution is 8.00. The number of carboxylic acid groups (broad SMARTS) is 1. The van der Waals surface area contributed by atoms with Gasteiger partial charge in [-0.3, -0.25) is 19.3 Å². The van der Waals surface area contributed by atoms with E-state index in [2.05, 4.69) is 4.98 Å². The molecule has 0 radical (unpaired) electrons. The highest BCUT2D eigenvalue weighted by Crippen LogP contribution is 2.68. The Bertz CT molecular complexity index is 1300. The number of imide groups is 1. The Morgan fingerprint density at radius 2 is 1.81 bits per heavy atom. The van der Waals surface area contributed by atoms with Crippen LogP contribution in [0, 0.1) is 35.5 Å². The van der Waals surface area contributed by atoms with E-state index in [-0.39, 0.29) is 57.9 Å². The number of carboxylic acids is 1. The predicted molar refractivity (Wildman–Crippen MR) is 134 cm³/mol. The van der Waals surface area contributed by atoms with Crippen LogP contribution >= 0.6 is 23.1 Å². The number of carbonyl (C=O) groups is 3. The number of aromatic nitrogens is 1. The van der Waals surface area contributed by atoms with Crippen molar-refractivity contribution >= 4 is 40.9 Å². The molecule has 2 N–H and O–H groups in total. The van der Waals surface area contributed by atoms with E-state index in [1.807, 2.05) is 38.1 Å². The number of methoxy groups -OCH3 is 1. The fourth-order valence-electron chi connectivity index (χ4n) is 7.29. The third kappa shape index (κ3) is 3.33. The maximum atomic E-state index is 13.7. The number of H-pyrrole nitrogens is 1. The van der Waals surface area contributed by atoms with Crippen LogP contribution in [0.1, 0.15) is 43.0 Å². The molecule has 2 aliphatic carbocycles. The van der Waals surface area contributed by atoms with Gasteiger partial charge in [0.2, 0.25) is 11.8 Å². The van der Waals surface area contributed by atoms with Crippen LogP contribution in [0.5, 0.6) is 5.75 Å². The van der Waals surface area contributed by atoms with Crippen molar-refractivity contribution in [3.63, 3.8) is 0 Å². The minimum Gasteiger partial charge on any atom is -0.497 e. The largest absolute Gasteiger partial charge is 0.497 e. The molecule has 0 spiro atoms. The molecule has 1 aromatic heterocycles. The van der Waals surface area contributed by atoms with E-state index >= 15 is 0 Å². The Hall–Kier alpha value is -2.59. The molecule has 190 valence electrons. The molecule has 36 heavy (non-hydrogen) atoms. The van der Waals surface area contributed by atoms with Crippen LogP contribution in [0.3, 0.4) is 0 Å². The maximum absolute atomic E-state index is 13.7. The summed E-state index contributed by atoms with van der Waals surface area (Å²) < 4.78 is 5.34. The topological polar surface area (TPSA) is 117 Å². The Morgan fingerprint density at radius 1 is 1.14 bits per heavy atom. The van der Waals surface area contributed by atoms with E-state index in [9.17, 15) is 24.3 Å². The standard InChI is InChI=1S/C26H28N2O6S2/c1-10(2)8-15(25(31)32)28-23(29)18-13-9-14(19(18)24(28)30)20-17(13)16(11-4-6-12(34-3)7-5-11)21-22(35-20)27-26(33)36-21/h4-7,10,13-20H,8-9H2,1-3H3,(H,27,33)(H,31,32)/t13-,14+,15+,16+,17+,18-,19+,20-/m1/s1. The highest BCUT2D eigenvalue weighted by atomic mass is 32.2. The Morgan fingerprint density at radius 3 is 2.42 bits per heavy atom. The average molecular weight is 529 g/mol. The summed E-state index contributed by atoms with van der Waals surface area (Å²) in [5.74, 6) is -2.01. The van der Waals surface area contributed by atoms with Gasteiger partial charge in [-0.1, -0.05) is 37.3 Å². The lowest BCUT2D eigenvalue weighted by Crippen LogP contribution is -2.47. The van der Waals surface area contributed by atoms with Gasteiger partial charge in [0.25, 0.3) is 0 Å². The normalized spacial score (nSPS) is 33.0. The van der Waals surface area contributed by atoms with Crippen LogP contribution in [0.4, 0.5) is 0 Å². The first-order valence-electron chi connectivity index (χ1n) is 12.3. The van der Waals surface area contributed by atoms with Crippen LogP contribution < -0.4 is 9.61 Å². The molecular formula is C26H28N2O6S2. The first-order valence-corrected chi connectivity index (χ1v) is 14.0. The molecule has 8 nitrogen and oxygen atoms in total. The smallest absolute Gasteiger partial charge is 0.326 e. The van der Waals surface area contributed by atoms with Crippen molar-refractivity contribution in [1.82, 2.24) is 9.88 Å². The fourth-order valence-corrected chi connectivity index (χ4v) is 10.2. The summed E-state index contributed by atoms with van der Waals surface area (Å²) in [6.07, 6.45) is 1.02. The van der Waals surface area contributed by atoms with Crippen LogP contribution in [0.2, 0.25) is 0 Å². The number of ether oxygens (including phenoxy) is 1. The van der Waals surface area contributed by atoms with E-state index in [4.69, 9.17) is 4.74 Å². The van der Waals surface area contributed by atoms with Crippen LogP contribution in [0.15, 0.2) is 34.1 Å². The quantitative estimate of drug-likeness (QED) is 0.552. The number of aliphatic carboxylic acids is 1.